The van der Waals surface area contributed by atoms with Crippen LogP contribution in [0.3, 0.4) is 0 Å². The molecular weight excluding hydrogens is 729 g/mol. The van der Waals surface area contributed by atoms with E-state index in [9.17, 15) is 0 Å². The summed E-state index contributed by atoms with van der Waals surface area (Å²) >= 11 is 0. The molecule has 0 atom stereocenters. The highest BCUT2D eigenvalue weighted by atomic mass is 15.2. The molecule has 0 bridgehead atoms. The number of benzene rings is 5. The van der Waals surface area contributed by atoms with Crippen LogP contribution in [0.2, 0.25) is 0 Å². The van der Waals surface area contributed by atoms with E-state index >= 15 is 0 Å². The first kappa shape index (κ1) is 39.6. The van der Waals surface area contributed by atoms with Gasteiger partial charge in [0.15, 0.2) is 0 Å². The lowest BCUT2D eigenvalue weighted by Gasteiger charge is -2.30. The standard InChI is InChI=1S/C56H52N4/c1-5-17-40(7-3)27-34-51(58-56(57)41(8-4)18-6-2)46-21-16-24-50(39-46)60-53-26-15-13-20-43(53)29-31-48-38-45(33-36-55(48)60)44-32-35-54-47(37-44)30-28-42-19-12-14-25-52(42)59(54)49-22-10-9-11-23-49/h5-11,13,15-26,28-39H,12,14,27H2,1-4H3,(H2,57,58)/b17-5-,18-6-,40-7+,41-8+,51-34-. The van der Waals surface area contributed by atoms with E-state index in [1.54, 1.807) is 0 Å². The number of anilines is 5. The summed E-state index contributed by atoms with van der Waals surface area (Å²) in [5.74, 6) is 0.483. The molecule has 0 fully saturated rings. The maximum Gasteiger partial charge on any atom is 0.131 e. The highest BCUT2D eigenvalue weighted by Crippen LogP contribution is 2.45. The number of rotatable bonds is 10. The minimum Gasteiger partial charge on any atom is -0.383 e. The minimum absolute atomic E-state index is 0.483. The third-order valence-corrected chi connectivity index (χ3v) is 11.2. The summed E-state index contributed by atoms with van der Waals surface area (Å²) < 4.78 is 0. The van der Waals surface area contributed by atoms with E-state index in [2.05, 4.69) is 193 Å². The predicted molar refractivity (Wildman–Crippen MR) is 260 cm³/mol. The van der Waals surface area contributed by atoms with Gasteiger partial charge >= 0.3 is 0 Å². The van der Waals surface area contributed by atoms with Crippen LogP contribution in [0.1, 0.15) is 69.2 Å². The molecule has 2 aliphatic heterocycles. The molecular formula is C56H52N4. The van der Waals surface area contributed by atoms with Crippen LogP contribution < -0.4 is 15.5 Å². The van der Waals surface area contributed by atoms with Gasteiger partial charge < -0.3 is 15.5 Å². The molecule has 2 N–H and O–H groups in total. The number of fused-ring (bicyclic) bond motifs is 4. The fraction of sp³-hybridized carbons (Fsp3) is 0.125. The molecule has 0 aromatic heterocycles. The van der Waals surface area contributed by atoms with Gasteiger partial charge in [-0.1, -0.05) is 140 Å². The minimum atomic E-state index is 0.483. The monoisotopic (exact) mass is 780 g/mol. The topological polar surface area (TPSA) is 44.9 Å². The summed E-state index contributed by atoms with van der Waals surface area (Å²) in [6.07, 6.45) is 31.1. The Morgan fingerprint density at radius 3 is 1.98 bits per heavy atom. The van der Waals surface area contributed by atoms with Crippen LogP contribution in [0, 0.1) is 0 Å². The van der Waals surface area contributed by atoms with Gasteiger partial charge in [-0.25, -0.2) is 4.99 Å². The number of hydrogen-bond donors (Lipinski definition) is 1. The van der Waals surface area contributed by atoms with Crippen molar-refractivity contribution in [1.82, 2.24) is 0 Å². The Morgan fingerprint density at radius 1 is 0.600 bits per heavy atom. The fourth-order valence-corrected chi connectivity index (χ4v) is 8.23. The third-order valence-electron chi connectivity index (χ3n) is 11.2. The van der Waals surface area contributed by atoms with Crippen molar-refractivity contribution in [3.63, 3.8) is 0 Å². The Bertz CT molecular complexity index is 2730. The molecule has 3 aliphatic rings. The fourth-order valence-electron chi connectivity index (χ4n) is 8.23. The molecule has 0 unspecified atom stereocenters. The maximum absolute atomic E-state index is 6.68. The van der Waals surface area contributed by atoms with Gasteiger partial charge in [0, 0.05) is 28.2 Å². The normalized spacial score (nSPS) is 15.6. The molecule has 5 aromatic rings. The van der Waals surface area contributed by atoms with E-state index in [1.807, 2.05) is 39.0 Å². The molecule has 296 valence electrons. The number of nitrogens with two attached hydrogens (primary N) is 1. The lowest BCUT2D eigenvalue weighted by molar-refractivity contribution is 0.982. The zero-order valence-electron chi connectivity index (χ0n) is 35.0. The number of allylic oxidation sites excluding steroid dienone is 10. The van der Waals surface area contributed by atoms with Crippen molar-refractivity contribution in [2.75, 3.05) is 9.80 Å². The lowest BCUT2D eigenvalue weighted by Crippen LogP contribution is -2.18. The van der Waals surface area contributed by atoms with Crippen molar-refractivity contribution >= 4 is 58.2 Å². The average Bonchev–Trinajstić information content (AvgIpc) is 3.57. The van der Waals surface area contributed by atoms with Crippen molar-refractivity contribution in [2.45, 2.75) is 47.0 Å². The molecule has 4 nitrogen and oxygen atoms in total. The summed E-state index contributed by atoms with van der Waals surface area (Å²) in [4.78, 5) is 9.85. The first-order valence-corrected chi connectivity index (χ1v) is 21.0. The second-order valence-electron chi connectivity index (χ2n) is 15.1. The van der Waals surface area contributed by atoms with E-state index in [-0.39, 0.29) is 0 Å². The number of para-hydroxylation sites is 2. The van der Waals surface area contributed by atoms with E-state index in [0.717, 1.165) is 69.8 Å². The zero-order valence-corrected chi connectivity index (χ0v) is 35.0. The first-order chi connectivity index (χ1) is 29.5. The zero-order chi connectivity index (χ0) is 41.4. The summed E-state index contributed by atoms with van der Waals surface area (Å²) in [5.41, 5.74) is 24.5. The van der Waals surface area contributed by atoms with Gasteiger partial charge in [-0.2, -0.15) is 0 Å². The SMILES string of the molecule is C/C=C\C(=C/C)C\C=C(/N=C(N)\C(\C=C/C)=C\C)c1cccc(N2c3ccccc3C=Cc3cc(-c4ccc5c(c4)C=CC4=CCCC=C4N5c4ccccc4)ccc32)c1. The Morgan fingerprint density at radius 2 is 1.25 bits per heavy atom. The second kappa shape index (κ2) is 18.2. The van der Waals surface area contributed by atoms with Gasteiger partial charge in [0.2, 0.25) is 0 Å². The Hall–Kier alpha value is -7.17. The third kappa shape index (κ3) is 8.23. The van der Waals surface area contributed by atoms with E-state index < -0.39 is 0 Å². The molecule has 5 aromatic carbocycles. The Kier molecular flexibility index (Phi) is 12.0. The van der Waals surface area contributed by atoms with Gasteiger partial charge in [-0.15, -0.1) is 0 Å². The van der Waals surface area contributed by atoms with Crippen LogP contribution in [0.25, 0.3) is 35.1 Å². The number of aliphatic imine (C=N–C) groups is 1. The summed E-state index contributed by atoms with van der Waals surface area (Å²) in [5, 5.41) is 0. The second-order valence-corrected chi connectivity index (χ2v) is 15.1. The van der Waals surface area contributed by atoms with Crippen LogP contribution in [0.5, 0.6) is 0 Å². The quantitative estimate of drug-likeness (QED) is 0.0855. The van der Waals surface area contributed by atoms with Crippen LogP contribution >= 0.6 is 0 Å². The molecule has 0 radical (unpaired) electrons. The maximum atomic E-state index is 6.68. The highest BCUT2D eigenvalue weighted by molar-refractivity contribution is 6.02. The number of amidine groups is 1. The van der Waals surface area contributed by atoms with Crippen molar-refractivity contribution < 1.29 is 0 Å². The first-order valence-electron chi connectivity index (χ1n) is 21.0. The molecule has 1 aliphatic carbocycles. The Balaban J connectivity index is 1.21. The summed E-state index contributed by atoms with van der Waals surface area (Å²) in [6.45, 7) is 8.10. The summed E-state index contributed by atoms with van der Waals surface area (Å²) in [6, 6.07) is 41.7. The van der Waals surface area contributed by atoms with E-state index in [4.69, 9.17) is 10.7 Å². The van der Waals surface area contributed by atoms with Crippen LogP contribution in [0.15, 0.2) is 203 Å². The molecule has 0 amide bonds. The molecule has 4 heteroatoms. The average molecular weight is 781 g/mol. The molecule has 2 heterocycles. The molecule has 8 rings (SSSR count). The lowest BCUT2D eigenvalue weighted by atomic mass is 9.98. The van der Waals surface area contributed by atoms with Gasteiger partial charge in [0.05, 0.1) is 22.8 Å². The van der Waals surface area contributed by atoms with Crippen molar-refractivity contribution in [1.29, 1.82) is 0 Å². The van der Waals surface area contributed by atoms with Gasteiger partial charge in [-0.3, -0.25) is 0 Å². The van der Waals surface area contributed by atoms with E-state index in [0.29, 0.717) is 5.84 Å². The molecule has 0 saturated carbocycles. The van der Waals surface area contributed by atoms with Gasteiger partial charge in [-0.05, 0) is 141 Å². The smallest absolute Gasteiger partial charge is 0.131 e. The predicted octanol–water partition coefficient (Wildman–Crippen LogP) is 15.2. The van der Waals surface area contributed by atoms with E-state index in [1.165, 1.54) is 39.3 Å². The van der Waals surface area contributed by atoms with Crippen molar-refractivity contribution in [3.05, 3.63) is 221 Å². The number of hydrogen-bond acceptors (Lipinski definition) is 3. The largest absolute Gasteiger partial charge is 0.383 e. The van der Waals surface area contributed by atoms with Crippen LogP contribution in [-0.2, 0) is 0 Å². The number of nitrogens with zero attached hydrogens (tertiary/aromatic N) is 3. The molecule has 60 heavy (non-hydrogen) atoms. The van der Waals surface area contributed by atoms with Gasteiger partial charge in [0.25, 0.3) is 0 Å². The molecule has 0 spiro atoms. The molecule has 0 saturated heterocycles. The Labute approximate surface area is 356 Å². The van der Waals surface area contributed by atoms with Crippen molar-refractivity contribution in [2.24, 2.45) is 10.7 Å². The van der Waals surface area contributed by atoms with Crippen LogP contribution in [0.4, 0.5) is 28.4 Å². The van der Waals surface area contributed by atoms with Crippen molar-refractivity contribution in [3.8, 4) is 11.1 Å². The summed E-state index contributed by atoms with van der Waals surface area (Å²) in [7, 11) is 0. The van der Waals surface area contributed by atoms with Crippen LogP contribution in [-0.4, -0.2) is 5.84 Å². The van der Waals surface area contributed by atoms with Gasteiger partial charge in [0.1, 0.15) is 5.84 Å². The highest BCUT2D eigenvalue weighted by Gasteiger charge is 2.25.